The molecule has 0 bridgehead atoms. The highest BCUT2D eigenvalue weighted by atomic mass is 32.2. The van der Waals surface area contributed by atoms with Gasteiger partial charge in [-0.1, -0.05) is 79.1 Å². The first kappa shape index (κ1) is 32.1. The Hall–Kier alpha value is -3.35. The van der Waals surface area contributed by atoms with Gasteiger partial charge < -0.3 is 10.2 Å². The Balaban J connectivity index is 1.19. The molecule has 3 aromatic rings. The van der Waals surface area contributed by atoms with Gasteiger partial charge >= 0.3 is 0 Å². The average molecular weight is 610 g/mol. The Morgan fingerprint density at radius 1 is 1.02 bits per heavy atom. The number of rotatable bonds is 11. The Bertz CT molecular complexity index is 1450. The maximum Gasteiger partial charge on any atom is 0.260 e. The molecule has 6 heteroatoms. The second-order valence-corrected chi connectivity index (χ2v) is 13.9. The minimum atomic E-state index is -0.0591. The summed E-state index contributed by atoms with van der Waals surface area (Å²) >= 11 is 1.76. The van der Waals surface area contributed by atoms with Gasteiger partial charge in [-0.05, 0) is 87.4 Å². The number of hydrogen-bond acceptors (Lipinski definition) is 4. The van der Waals surface area contributed by atoms with Crippen molar-refractivity contribution in [2.45, 2.75) is 90.2 Å². The Morgan fingerprint density at radius 2 is 1.77 bits per heavy atom. The predicted molar refractivity (Wildman–Crippen MR) is 183 cm³/mol. The first-order valence-corrected chi connectivity index (χ1v) is 17.1. The summed E-state index contributed by atoms with van der Waals surface area (Å²) < 4.78 is 0. The zero-order chi connectivity index (χ0) is 31.1. The summed E-state index contributed by atoms with van der Waals surface area (Å²) in [5, 5.41) is 3.52. The molecule has 5 nitrogen and oxygen atoms in total. The van der Waals surface area contributed by atoms with Crippen LogP contribution in [0.2, 0.25) is 0 Å². The van der Waals surface area contributed by atoms with Gasteiger partial charge in [-0.3, -0.25) is 14.5 Å². The molecular weight excluding hydrogens is 563 g/mol. The highest BCUT2D eigenvalue weighted by Gasteiger charge is 2.40. The van der Waals surface area contributed by atoms with Crippen LogP contribution in [-0.2, 0) is 17.9 Å². The average Bonchev–Trinajstić information content (AvgIpc) is 3.03. The van der Waals surface area contributed by atoms with Crippen LogP contribution >= 0.6 is 11.8 Å². The lowest BCUT2D eigenvalue weighted by molar-refractivity contribution is -0.130. The fourth-order valence-corrected chi connectivity index (χ4v) is 7.79. The SMILES string of the molecule is Cc1ccc(C)c(CN2C(=O)/C(=C/c3ccc(C(=O)NCCCN(Cc4ccccc4)C(C)C)cc3)SC3CCCCC32)c1. The van der Waals surface area contributed by atoms with Crippen molar-refractivity contribution in [3.63, 3.8) is 0 Å². The van der Waals surface area contributed by atoms with Crippen molar-refractivity contribution in [1.82, 2.24) is 15.1 Å². The van der Waals surface area contributed by atoms with E-state index in [0.717, 1.165) is 42.8 Å². The van der Waals surface area contributed by atoms with Crippen LogP contribution in [0.3, 0.4) is 0 Å². The normalized spacial score (nSPS) is 19.5. The second-order valence-electron chi connectivity index (χ2n) is 12.7. The van der Waals surface area contributed by atoms with Crippen molar-refractivity contribution in [1.29, 1.82) is 0 Å². The van der Waals surface area contributed by atoms with Crippen LogP contribution in [0.1, 0.15) is 84.1 Å². The summed E-state index contributed by atoms with van der Waals surface area (Å²) in [6.07, 6.45) is 7.53. The van der Waals surface area contributed by atoms with Gasteiger partial charge in [0, 0.05) is 49.1 Å². The molecule has 0 radical (unpaired) electrons. The third kappa shape index (κ3) is 8.22. The molecule has 2 unspecified atom stereocenters. The van der Waals surface area contributed by atoms with E-state index in [-0.39, 0.29) is 17.9 Å². The molecule has 232 valence electrons. The van der Waals surface area contributed by atoms with E-state index in [9.17, 15) is 9.59 Å². The Morgan fingerprint density at radius 3 is 2.52 bits per heavy atom. The monoisotopic (exact) mass is 609 g/mol. The molecule has 2 fully saturated rings. The van der Waals surface area contributed by atoms with Crippen molar-refractivity contribution in [3.8, 4) is 0 Å². The van der Waals surface area contributed by atoms with Crippen molar-refractivity contribution >= 4 is 29.7 Å². The number of aryl methyl sites for hydroxylation is 2. The van der Waals surface area contributed by atoms with Crippen molar-refractivity contribution in [2.75, 3.05) is 13.1 Å². The zero-order valence-electron chi connectivity index (χ0n) is 26.7. The molecular formula is C38H47N3O2S. The Kier molecular flexibility index (Phi) is 11.0. The molecule has 0 aromatic heterocycles. The minimum absolute atomic E-state index is 0.0591. The quantitative estimate of drug-likeness (QED) is 0.178. The van der Waals surface area contributed by atoms with Crippen LogP contribution in [0.4, 0.5) is 0 Å². The first-order chi connectivity index (χ1) is 21.3. The molecule has 1 N–H and O–H groups in total. The van der Waals surface area contributed by atoms with E-state index < -0.39 is 0 Å². The summed E-state index contributed by atoms with van der Waals surface area (Å²) in [6, 6.07) is 25.4. The summed E-state index contributed by atoms with van der Waals surface area (Å²) in [7, 11) is 0. The summed E-state index contributed by atoms with van der Waals surface area (Å²) in [4.78, 5) is 32.1. The number of amides is 2. The molecule has 5 rings (SSSR count). The number of nitrogens with zero attached hydrogens (tertiary/aromatic N) is 2. The van der Waals surface area contributed by atoms with Crippen LogP contribution in [-0.4, -0.2) is 52.0 Å². The van der Waals surface area contributed by atoms with E-state index in [1.54, 1.807) is 11.8 Å². The third-order valence-electron chi connectivity index (χ3n) is 9.00. The summed E-state index contributed by atoms with van der Waals surface area (Å²) in [5.41, 5.74) is 6.59. The number of nitrogens with one attached hydrogen (secondary N) is 1. The fraction of sp³-hybridized carbons (Fsp3) is 0.421. The largest absolute Gasteiger partial charge is 0.352 e. The number of fused-ring (bicyclic) bond motifs is 1. The van der Waals surface area contributed by atoms with Gasteiger partial charge in [0.1, 0.15) is 0 Å². The standard InChI is InChI=1S/C38H47N3O2S/c1-27(2)40(25-31-11-6-5-7-12-31)22-10-21-39-37(42)32-19-17-30(18-20-32)24-36-38(43)41(34-13-8-9-14-35(34)44-36)26-33-23-28(3)15-16-29(33)4/h5-7,11-12,15-20,23-24,27,34-35H,8-10,13-14,21-22,25-26H2,1-4H3,(H,39,42)/b36-24-. The van der Waals surface area contributed by atoms with E-state index in [0.29, 0.717) is 29.9 Å². The summed E-state index contributed by atoms with van der Waals surface area (Å²) in [5.74, 6) is 0.0693. The van der Waals surface area contributed by atoms with Crippen molar-refractivity contribution in [2.24, 2.45) is 0 Å². The fourth-order valence-electron chi connectivity index (χ4n) is 6.32. The number of thioether (sulfide) groups is 1. The van der Waals surface area contributed by atoms with E-state index >= 15 is 0 Å². The molecule has 3 aromatic carbocycles. The highest BCUT2D eigenvalue weighted by Crippen LogP contribution is 2.43. The van der Waals surface area contributed by atoms with Gasteiger partial charge in [0.15, 0.2) is 0 Å². The van der Waals surface area contributed by atoms with Crippen LogP contribution in [0.15, 0.2) is 77.7 Å². The highest BCUT2D eigenvalue weighted by molar-refractivity contribution is 8.04. The smallest absolute Gasteiger partial charge is 0.260 e. The summed E-state index contributed by atoms with van der Waals surface area (Å²) in [6.45, 7) is 11.8. The van der Waals surface area contributed by atoms with E-state index in [1.165, 1.54) is 35.1 Å². The Labute approximate surface area is 268 Å². The number of carbonyl (C=O) groups excluding carboxylic acids is 2. The zero-order valence-corrected chi connectivity index (χ0v) is 27.5. The molecule has 1 heterocycles. The minimum Gasteiger partial charge on any atom is -0.352 e. The van der Waals surface area contributed by atoms with Gasteiger partial charge in [0.25, 0.3) is 11.8 Å². The van der Waals surface area contributed by atoms with Crippen LogP contribution < -0.4 is 5.32 Å². The van der Waals surface area contributed by atoms with Crippen molar-refractivity contribution < 1.29 is 9.59 Å². The van der Waals surface area contributed by atoms with Crippen LogP contribution in [0.25, 0.3) is 6.08 Å². The number of carbonyl (C=O) groups is 2. The number of hydrogen-bond donors (Lipinski definition) is 1. The molecule has 44 heavy (non-hydrogen) atoms. The number of benzene rings is 3. The van der Waals surface area contributed by atoms with E-state index in [2.05, 4.69) is 85.3 Å². The lowest BCUT2D eigenvalue weighted by Crippen LogP contribution is -2.50. The molecule has 1 saturated heterocycles. The molecule has 2 atom stereocenters. The lowest BCUT2D eigenvalue weighted by Gasteiger charge is -2.44. The topological polar surface area (TPSA) is 52.7 Å². The third-order valence-corrected chi connectivity index (χ3v) is 10.4. The second kappa shape index (κ2) is 15.1. The lowest BCUT2D eigenvalue weighted by atomic mass is 9.92. The maximum absolute atomic E-state index is 13.9. The molecule has 1 saturated carbocycles. The molecule has 0 spiro atoms. The van der Waals surface area contributed by atoms with Gasteiger partial charge in [-0.2, -0.15) is 0 Å². The van der Waals surface area contributed by atoms with Gasteiger partial charge in [0.2, 0.25) is 0 Å². The van der Waals surface area contributed by atoms with E-state index in [1.807, 2.05) is 36.4 Å². The van der Waals surface area contributed by atoms with Gasteiger partial charge in [-0.15, -0.1) is 11.8 Å². The first-order valence-electron chi connectivity index (χ1n) is 16.2. The van der Waals surface area contributed by atoms with E-state index in [4.69, 9.17) is 0 Å². The molecule has 2 aliphatic rings. The maximum atomic E-state index is 13.9. The van der Waals surface area contributed by atoms with Gasteiger partial charge in [0.05, 0.1) is 4.91 Å². The van der Waals surface area contributed by atoms with Crippen LogP contribution in [0.5, 0.6) is 0 Å². The van der Waals surface area contributed by atoms with Crippen molar-refractivity contribution in [3.05, 3.63) is 111 Å². The molecule has 1 aliphatic carbocycles. The van der Waals surface area contributed by atoms with Crippen LogP contribution in [0, 0.1) is 13.8 Å². The molecule has 1 aliphatic heterocycles. The molecule has 2 amide bonds. The predicted octanol–water partition coefficient (Wildman–Crippen LogP) is 7.76. The van der Waals surface area contributed by atoms with Gasteiger partial charge in [-0.25, -0.2) is 0 Å².